The van der Waals surface area contributed by atoms with Crippen molar-refractivity contribution in [2.24, 2.45) is 0 Å². The molecule has 1 saturated heterocycles. The number of hydrogen-bond donors (Lipinski definition) is 1. The van der Waals surface area contributed by atoms with E-state index in [9.17, 15) is 4.79 Å². The van der Waals surface area contributed by atoms with E-state index in [0.717, 1.165) is 36.6 Å². The number of amides is 1. The van der Waals surface area contributed by atoms with Crippen molar-refractivity contribution in [3.63, 3.8) is 0 Å². The standard InChI is InChI=1S/C15H17N3OS/c1-11-14(20-10-17-11)9-16-12-5-2-3-6-13(12)18-8-4-7-15(18)19/h2-3,5-6,10,16H,4,7-9H2,1H3. The molecule has 0 spiro atoms. The van der Waals surface area contributed by atoms with Crippen LogP contribution in [0.4, 0.5) is 11.4 Å². The lowest BCUT2D eigenvalue weighted by molar-refractivity contribution is -0.117. The van der Waals surface area contributed by atoms with Gasteiger partial charge in [-0.25, -0.2) is 4.98 Å². The second kappa shape index (κ2) is 5.63. The molecule has 1 fully saturated rings. The van der Waals surface area contributed by atoms with E-state index in [4.69, 9.17) is 0 Å². The molecule has 1 aromatic heterocycles. The van der Waals surface area contributed by atoms with Crippen molar-refractivity contribution < 1.29 is 4.79 Å². The van der Waals surface area contributed by atoms with Crippen LogP contribution in [-0.2, 0) is 11.3 Å². The molecule has 0 radical (unpaired) electrons. The van der Waals surface area contributed by atoms with E-state index in [1.165, 1.54) is 4.88 Å². The highest BCUT2D eigenvalue weighted by molar-refractivity contribution is 7.09. The lowest BCUT2D eigenvalue weighted by Gasteiger charge is -2.20. The predicted molar refractivity (Wildman–Crippen MR) is 82.2 cm³/mol. The number of para-hydroxylation sites is 2. The lowest BCUT2D eigenvalue weighted by Crippen LogP contribution is -2.24. The Morgan fingerprint density at radius 3 is 2.95 bits per heavy atom. The van der Waals surface area contributed by atoms with Crippen LogP contribution in [0.25, 0.3) is 0 Å². The van der Waals surface area contributed by atoms with Crippen LogP contribution in [0, 0.1) is 6.92 Å². The minimum absolute atomic E-state index is 0.216. The summed E-state index contributed by atoms with van der Waals surface area (Å²) in [6.45, 7) is 3.58. The molecule has 5 heteroatoms. The molecule has 104 valence electrons. The number of aromatic nitrogens is 1. The first-order chi connectivity index (χ1) is 9.75. The maximum absolute atomic E-state index is 11.9. The van der Waals surface area contributed by atoms with Gasteiger partial charge in [-0.3, -0.25) is 4.79 Å². The topological polar surface area (TPSA) is 45.2 Å². The van der Waals surface area contributed by atoms with Gasteiger partial charge in [0.2, 0.25) is 5.91 Å². The maximum atomic E-state index is 11.9. The van der Waals surface area contributed by atoms with Crippen LogP contribution >= 0.6 is 11.3 Å². The summed E-state index contributed by atoms with van der Waals surface area (Å²) in [6, 6.07) is 8.00. The van der Waals surface area contributed by atoms with E-state index in [1.54, 1.807) is 11.3 Å². The van der Waals surface area contributed by atoms with Gasteiger partial charge in [-0.2, -0.15) is 0 Å². The first kappa shape index (κ1) is 13.1. The van der Waals surface area contributed by atoms with Gasteiger partial charge >= 0.3 is 0 Å². The number of rotatable bonds is 4. The normalized spacial score (nSPS) is 14.8. The zero-order chi connectivity index (χ0) is 13.9. The van der Waals surface area contributed by atoms with Gasteiger partial charge in [0.15, 0.2) is 0 Å². The molecule has 1 aromatic carbocycles. The molecule has 2 aromatic rings. The minimum Gasteiger partial charge on any atom is -0.378 e. The molecule has 2 heterocycles. The van der Waals surface area contributed by atoms with E-state index in [-0.39, 0.29) is 5.91 Å². The smallest absolute Gasteiger partial charge is 0.227 e. The van der Waals surface area contributed by atoms with Crippen molar-refractivity contribution in [3.8, 4) is 0 Å². The zero-order valence-electron chi connectivity index (χ0n) is 11.4. The first-order valence-electron chi connectivity index (χ1n) is 6.78. The van der Waals surface area contributed by atoms with Crippen LogP contribution in [0.5, 0.6) is 0 Å². The predicted octanol–water partition coefficient (Wildman–Crippen LogP) is 3.19. The number of nitrogens with zero attached hydrogens (tertiary/aromatic N) is 2. The molecule has 0 aliphatic carbocycles. The Labute approximate surface area is 122 Å². The summed E-state index contributed by atoms with van der Waals surface area (Å²) < 4.78 is 0. The molecule has 1 aliphatic rings. The first-order valence-corrected chi connectivity index (χ1v) is 7.66. The molecular formula is C15H17N3OS. The number of aryl methyl sites for hydroxylation is 1. The molecule has 20 heavy (non-hydrogen) atoms. The molecule has 0 bridgehead atoms. The highest BCUT2D eigenvalue weighted by atomic mass is 32.1. The number of nitrogens with one attached hydrogen (secondary N) is 1. The van der Waals surface area contributed by atoms with Crippen molar-refractivity contribution in [2.45, 2.75) is 26.3 Å². The second-order valence-corrected chi connectivity index (χ2v) is 5.82. The van der Waals surface area contributed by atoms with E-state index in [1.807, 2.05) is 41.6 Å². The zero-order valence-corrected chi connectivity index (χ0v) is 12.2. The van der Waals surface area contributed by atoms with Crippen molar-refractivity contribution in [1.29, 1.82) is 0 Å². The van der Waals surface area contributed by atoms with Crippen molar-refractivity contribution in [1.82, 2.24) is 4.98 Å². The molecule has 3 rings (SSSR count). The molecule has 1 N–H and O–H groups in total. The third kappa shape index (κ3) is 2.54. The monoisotopic (exact) mass is 287 g/mol. The van der Waals surface area contributed by atoms with E-state index < -0.39 is 0 Å². The van der Waals surface area contributed by atoms with Gasteiger partial charge in [0, 0.05) is 17.8 Å². The van der Waals surface area contributed by atoms with Crippen molar-refractivity contribution in [3.05, 3.63) is 40.3 Å². The van der Waals surface area contributed by atoms with Gasteiger partial charge < -0.3 is 10.2 Å². The van der Waals surface area contributed by atoms with Crippen LogP contribution < -0.4 is 10.2 Å². The summed E-state index contributed by atoms with van der Waals surface area (Å²) in [5, 5.41) is 3.43. The number of carbonyl (C=O) groups is 1. The number of hydrogen-bond acceptors (Lipinski definition) is 4. The average molecular weight is 287 g/mol. The molecule has 0 atom stereocenters. The summed E-state index contributed by atoms with van der Waals surface area (Å²) in [4.78, 5) is 19.3. The van der Waals surface area contributed by atoms with Crippen LogP contribution in [-0.4, -0.2) is 17.4 Å². The van der Waals surface area contributed by atoms with Crippen LogP contribution in [0.1, 0.15) is 23.4 Å². The van der Waals surface area contributed by atoms with E-state index >= 15 is 0 Å². The number of benzene rings is 1. The summed E-state index contributed by atoms with van der Waals surface area (Å²) in [6.07, 6.45) is 1.60. The molecule has 1 amide bonds. The Morgan fingerprint density at radius 2 is 2.25 bits per heavy atom. The van der Waals surface area contributed by atoms with Crippen molar-refractivity contribution in [2.75, 3.05) is 16.8 Å². The average Bonchev–Trinajstić information content (AvgIpc) is 3.06. The number of anilines is 2. The van der Waals surface area contributed by atoms with Crippen LogP contribution in [0.3, 0.4) is 0 Å². The Morgan fingerprint density at radius 1 is 1.40 bits per heavy atom. The summed E-state index contributed by atoms with van der Waals surface area (Å²) in [5.74, 6) is 0.216. The third-order valence-electron chi connectivity index (χ3n) is 3.55. The highest BCUT2D eigenvalue weighted by Crippen LogP contribution is 2.30. The lowest BCUT2D eigenvalue weighted by atomic mass is 10.2. The van der Waals surface area contributed by atoms with Crippen molar-refractivity contribution >= 4 is 28.6 Å². The quantitative estimate of drug-likeness (QED) is 0.939. The van der Waals surface area contributed by atoms with Gasteiger partial charge in [-0.15, -0.1) is 11.3 Å². The fourth-order valence-corrected chi connectivity index (χ4v) is 3.15. The van der Waals surface area contributed by atoms with E-state index in [2.05, 4.69) is 10.3 Å². The minimum atomic E-state index is 0.216. The van der Waals surface area contributed by atoms with Gasteiger partial charge in [-0.1, -0.05) is 12.1 Å². The van der Waals surface area contributed by atoms with E-state index in [0.29, 0.717) is 6.42 Å². The van der Waals surface area contributed by atoms with Gasteiger partial charge in [0.25, 0.3) is 0 Å². The largest absolute Gasteiger partial charge is 0.378 e. The van der Waals surface area contributed by atoms with Crippen LogP contribution in [0.15, 0.2) is 29.8 Å². The fourth-order valence-electron chi connectivity index (χ4n) is 2.43. The number of thiazole rings is 1. The Hall–Kier alpha value is -1.88. The molecular weight excluding hydrogens is 270 g/mol. The Kier molecular flexibility index (Phi) is 3.69. The molecule has 4 nitrogen and oxygen atoms in total. The van der Waals surface area contributed by atoms with Gasteiger partial charge in [0.1, 0.15) is 0 Å². The summed E-state index contributed by atoms with van der Waals surface area (Å²) in [7, 11) is 0. The van der Waals surface area contributed by atoms with Gasteiger partial charge in [0.05, 0.1) is 29.1 Å². The molecule has 0 unspecified atom stereocenters. The number of carbonyl (C=O) groups excluding carboxylic acids is 1. The Bertz CT molecular complexity index is 623. The van der Waals surface area contributed by atoms with Gasteiger partial charge in [-0.05, 0) is 25.5 Å². The SMILES string of the molecule is Cc1ncsc1CNc1ccccc1N1CCCC1=O. The van der Waals surface area contributed by atoms with Crippen LogP contribution in [0.2, 0.25) is 0 Å². The maximum Gasteiger partial charge on any atom is 0.227 e. The second-order valence-electron chi connectivity index (χ2n) is 4.88. The fraction of sp³-hybridized carbons (Fsp3) is 0.333. The third-order valence-corrected chi connectivity index (χ3v) is 4.49. The summed E-state index contributed by atoms with van der Waals surface area (Å²) in [5.41, 5.74) is 4.92. The molecule has 0 saturated carbocycles. The summed E-state index contributed by atoms with van der Waals surface area (Å²) >= 11 is 1.65. The highest BCUT2D eigenvalue weighted by Gasteiger charge is 2.23. The Balaban J connectivity index is 1.79. The molecule has 1 aliphatic heterocycles.